The molecule has 1 fully saturated rings. The van der Waals surface area contributed by atoms with Crippen LogP contribution in [0, 0.1) is 5.92 Å². The van der Waals surface area contributed by atoms with Crippen molar-refractivity contribution in [2.45, 2.75) is 64.7 Å². The van der Waals surface area contributed by atoms with Gasteiger partial charge in [-0.05, 0) is 55.5 Å². The third-order valence-corrected chi connectivity index (χ3v) is 8.36. The monoisotopic (exact) mass is 568 g/mol. The van der Waals surface area contributed by atoms with Crippen molar-refractivity contribution in [3.63, 3.8) is 0 Å². The number of nitrogens with one attached hydrogen (secondary N) is 1. The van der Waals surface area contributed by atoms with Gasteiger partial charge in [-0.2, -0.15) is 0 Å². The Bertz CT molecular complexity index is 1220. The van der Waals surface area contributed by atoms with E-state index in [0.29, 0.717) is 19.6 Å². The highest BCUT2D eigenvalue weighted by molar-refractivity contribution is 6.35. The van der Waals surface area contributed by atoms with Gasteiger partial charge in [0.25, 0.3) is 0 Å². The SMILES string of the molecule is CC(C)[C@H]1CN([C@@H](CCCCN(C)Cc2ccccc2)CNCc2ccccc2)C(=O)C(=O)N1CCc1ccccc1. The Kier molecular flexibility index (Phi) is 12.2. The first kappa shape index (κ1) is 31.5. The third-order valence-electron chi connectivity index (χ3n) is 8.36. The number of piperazine rings is 1. The molecule has 1 N–H and O–H groups in total. The van der Waals surface area contributed by atoms with Gasteiger partial charge in [0, 0.05) is 38.8 Å². The minimum absolute atomic E-state index is 0.00698. The normalized spacial score (nSPS) is 16.5. The van der Waals surface area contributed by atoms with Gasteiger partial charge in [-0.25, -0.2) is 0 Å². The first-order valence-corrected chi connectivity index (χ1v) is 15.5. The zero-order valence-electron chi connectivity index (χ0n) is 25.6. The molecule has 2 atom stereocenters. The van der Waals surface area contributed by atoms with Crippen molar-refractivity contribution in [3.05, 3.63) is 108 Å². The van der Waals surface area contributed by atoms with Crippen molar-refractivity contribution < 1.29 is 9.59 Å². The lowest BCUT2D eigenvalue weighted by atomic mass is 9.96. The topological polar surface area (TPSA) is 55.9 Å². The Balaban J connectivity index is 1.39. The van der Waals surface area contributed by atoms with E-state index in [1.165, 1.54) is 16.7 Å². The number of amides is 2. The highest BCUT2D eigenvalue weighted by atomic mass is 16.2. The van der Waals surface area contributed by atoms with Crippen molar-refractivity contribution in [1.82, 2.24) is 20.0 Å². The van der Waals surface area contributed by atoms with Crippen LogP contribution in [-0.2, 0) is 29.1 Å². The van der Waals surface area contributed by atoms with Crippen molar-refractivity contribution in [3.8, 4) is 0 Å². The lowest BCUT2D eigenvalue weighted by Crippen LogP contribution is -2.64. The van der Waals surface area contributed by atoms with E-state index in [4.69, 9.17) is 0 Å². The van der Waals surface area contributed by atoms with Crippen LogP contribution in [0.5, 0.6) is 0 Å². The molecule has 6 nitrogen and oxygen atoms in total. The quantitative estimate of drug-likeness (QED) is 0.186. The first-order chi connectivity index (χ1) is 20.4. The molecule has 0 unspecified atom stereocenters. The van der Waals surface area contributed by atoms with Crippen LogP contribution < -0.4 is 5.32 Å². The standard InChI is InChI=1S/C36H48N4O2/c1-29(2)34-28-40(36(42)35(41)39(34)24-22-30-15-7-4-8-16-30)33(26-37-25-31-17-9-5-10-18-31)21-13-14-23-38(3)27-32-19-11-6-12-20-32/h4-12,15-20,29,33-34,37H,13-14,21-28H2,1-3H3/t33-,34+/m0/s1. The van der Waals surface area contributed by atoms with Crippen molar-refractivity contribution >= 4 is 11.8 Å². The van der Waals surface area contributed by atoms with Gasteiger partial charge in [0.15, 0.2) is 0 Å². The number of carbonyl (C=O) groups excluding carboxylic acids is 2. The van der Waals surface area contributed by atoms with Crippen LogP contribution in [0.3, 0.4) is 0 Å². The van der Waals surface area contributed by atoms with Crippen LogP contribution in [0.25, 0.3) is 0 Å². The van der Waals surface area contributed by atoms with E-state index in [1.807, 2.05) is 46.2 Å². The van der Waals surface area contributed by atoms with Crippen LogP contribution in [0.1, 0.15) is 49.8 Å². The summed E-state index contributed by atoms with van der Waals surface area (Å²) in [7, 11) is 2.16. The summed E-state index contributed by atoms with van der Waals surface area (Å²) in [6, 6.07) is 31.1. The molecule has 3 aromatic carbocycles. The number of hydrogen-bond acceptors (Lipinski definition) is 4. The molecule has 4 rings (SSSR count). The molecule has 2 amide bonds. The minimum Gasteiger partial charge on any atom is -0.329 e. The molecule has 224 valence electrons. The van der Waals surface area contributed by atoms with Gasteiger partial charge in [-0.15, -0.1) is 0 Å². The average molecular weight is 569 g/mol. The zero-order chi connectivity index (χ0) is 29.7. The fourth-order valence-corrected chi connectivity index (χ4v) is 5.91. The Morgan fingerprint density at radius 2 is 1.40 bits per heavy atom. The number of unbranched alkanes of at least 4 members (excludes halogenated alkanes) is 1. The van der Waals surface area contributed by atoms with Gasteiger partial charge in [0.2, 0.25) is 0 Å². The predicted octanol–water partition coefficient (Wildman–Crippen LogP) is 5.39. The lowest BCUT2D eigenvalue weighted by molar-refractivity contribution is -0.162. The van der Waals surface area contributed by atoms with Gasteiger partial charge < -0.3 is 20.0 Å². The van der Waals surface area contributed by atoms with E-state index in [-0.39, 0.29) is 29.8 Å². The summed E-state index contributed by atoms with van der Waals surface area (Å²) in [5.41, 5.74) is 3.71. The summed E-state index contributed by atoms with van der Waals surface area (Å²) in [5, 5.41) is 3.59. The number of carbonyl (C=O) groups is 2. The molecule has 1 aliphatic rings. The number of benzene rings is 3. The molecule has 0 radical (unpaired) electrons. The number of nitrogens with zero attached hydrogens (tertiary/aromatic N) is 3. The molecular formula is C36H48N4O2. The molecule has 3 aromatic rings. The maximum atomic E-state index is 13.6. The van der Waals surface area contributed by atoms with Gasteiger partial charge >= 0.3 is 11.8 Å². The van der Waals surface area contributed by atoms with Crippen LogP contribution in [0.15, 0.2) is 91.0 Å². The highest BCUT2D eigenvalue weighted by Gasteiger charge is 2.42. The average Bonchev–Trinajstić information content (AvgIpc) is 3.00. The van der Waals surface area contributed by atoms with Crippen LogP contribution in [-0.4, -0.2) is 71.8 Å². The Morgan fingerprint density at radius 1 is 0.810 bits per heavy atom. The Hall–Kier alpha value is -3.48. The summed E-state index contributed by atoms with van der Waals surface area (Å²) in [5.74, 6) is -0.455. The third kappa shape index (κ3) is 9.27. The molecule has 0 saturated carbocycles. The number of hydrogen-bond donors (Lipinski definition) is 1. The van der Waals surface area contributed by atoms with Gasteiger partial charge in [0.1, 0.15) is 0 Å². The molecule has 0 aromatic heterocycles. The smallest absolute Gasteiger partial charge is 0.312 e. The molecular weight excluding hydrogens is 520 g/mol. The van der Waals surface area contributed by atoms with E-state index in [2.05, 4.69) is 85.7 Å². The first-order valence-electron chi connectivity index (χ1n) is 15.5. The predicted molar refractivity (Wildman–Crippen MR) is 171 cm³/mol. The minimum atomic E-state index is -0.355. The fraction of sp³-hybridized carbons (Fsp3) is 0.444. The molecule has 6 heteroatoms. The summed E-state index contributed by atoms with van der Waals surface area (Å²) in [6.07, 6.45) is 3.67. The van der Waals surface area contributed by atoms with Crippen LogP contribution in [0.2, 0.25) is 0 Å². The zero-order valence-corrected chi connectivity index (χ0v) is 25.6. The fourth-order valence-electron chi connectivity index (χ4n) is 5.91. The maximum absolute atomic E-state index is 13.6. The second-order valence-electron chi connectivity index (χ2n) is 12.0. The van der Waals surface area contributed by atoms with E-state index >= 15 is 0 Å². The van der Waals surface area contributed by atoms with Gasteiger partial charge in [-0.3, -0.25) is 9.59 Å². The molecule has 0 aliphatic carbocycles. The van der Waals surface area contributed by atoms with Crippen molar-refractivity contribution in [2.75, 3.05) is 33.2 Å². The molecule has 1 aliphatic heterocycles. The van der Waals surface area contributed by atoms with E-state index in [0.717, 1.165) is 45.3 Å². The highest BCUT2D eigenvalue weighted by Crippen LogP contribution is 2.23. The van der Waals surface area contributed by atoms with E-state index < -0.39 is 0 Å². The molecule has 42 heavy (non-hydrogen) atoms. The van der Waals surface area contributed by atoms with Crippen molar-refractivity contribution in [1.29, 1.82) is 0 Å². The number of rotatable bonds is 16. The molecule has 1 heterocycles. The second-order valence-corrected chi connectivity index (χ2v) is 12.0. The van der Waals surface area contributed by atoms with E-state index in [9.17, 15) is 9.59 Å². The summed E-state index contributed by atoms with van der Waals surface area (Å²) in [6.45, 7) is 8.80. The molecule has 0 spiro atoms. The summed E-state index contributed by atoms with van der Waals surface area (Å²) >= 11 is 0. The Morgan fingerprint density at radius 3 is 2.02 bits per heavy atom. The lowest BCUT2D eigenvalue weighted by Gasteiger charge is -2.45. The molecule has 1 saturated heterocycles. The maximum Gasteiger partial charge on any atom is 0.312 e. The van der Waals surface area contributed by atoms with Crippen molar-refractivity contribution in [2.24, 2.45) is 5.92 Å². The van der Waals surface area contributed by atoms with Crippen LogP contribution in [0.4, 0.5) is 0 Å². The second kappa shape index (κ2) is 16.2. The summed E-state index contributed by atoms with van der Waals surface area (Å²) < 4.78 is 0. The van der Waals surface area contributed by atoms with Gasteiger partial charge in [0.05, 0.1) is 6.04 Å². The Labute approximate surface area is 252 Å². The largest absolute Gasteiger partial charge is 0.329 e. The van der Waals surface area contributed by atoms with Crippen LogP contribution >= 0.6 is 0 Å². The summed E-state index contributed by atoms with van der Waals surface area (Å²) in [4.78, 5) is 33.3. The van der Waals surface area contributed by atoms with Gasteiger partial charge in [-0.1, -0.05) is 111 Å². The molecule has 0 bridgehead atoms. The van der Waals surface area contributed by atoms with E-state index in [1.54, 1.807) is 0 Å².